The summed E-state index contributed by atoms with van der Waals surface area (Å²) in [7, 11) is -3.90. The Bertz CT molecular complexity index is 1040. The van der Waals surface area contributed by atoms with Gasteiger partial charge in [0.1, 0.15) is 12.2 Å². The molecule has 1 aromatic carbocycles. The molecular weight excluding hydrogens is 368 g/mol. The molecule has 2 heterocycles. The van der Waals surface area contributed by atoms with E-state index in [0.29, 0.717) is 17.0 Å². The number of imidazole rings is 1. The smallest absolute Gasteiger partial charge is 0.333 e. The first-order chi connectivity index (χ1) is 13.0. The predicted molar refractivity (Wildman–Crippen MR) is 101 cm³/mol. The minimum atomic E-state index is -3.90. The number of hydrogen-bond acceptors (Lipinski definition) is 7. The molecule has 1 aliphatic rings. The van der Waals surface area contributed by atoms with Gasteiger partial charge in [0, 0.05) is 11.6 Å². The van der Waals surface area contributed by atoms with Crippen LogP contribution < -0.4 is 10.5 Å². The summed E-state index contributed by atoms with van der Waals surface area (Å²) in [5, 5.41) is 8.30. The van der Waals surface area contributed by atoms with Crippen LogP contribution in [0.1, 0.15) is 19.3 Å². The maximum Gasteiger partial charge on any atom is 0.333 e. The summed E-state index contributed by atoms with van der Waals surface area (Å²) in [5.41, 5.74) is 2.32. The van der Waals surface area contributed by atoms with Crippen LogP contribution in [0.2, 0.25) is 0 Å². The van der Waals surface area contributed by atoms with Crippen LogP contribution in [0.3, 0.4) is 0 Å². The van der Waals surface area contributed by atoms with Crippen LogP contribution >= 0.6 is 0 Å². The quantitative estimate of drug-likeness (QED) is 0.586. The van der Waals surface area contributed by atoms with Gasteiger partial charge in [0.25, 0.3) is 0 Å². The van der Waals surface area contributed by atoms with Gasteiger partial charge in [-0.05, 0) is 25.2 Å². The Morgan fingerprint density at radius 1 is 1.22 bits per heavy atom. The van der Waals surface area contributed by atoms with Crippen LogP contribution in [0.25, 0.3) is 22.6 Å². The highest BCUT2D eigenvalue weighted by Gasteiger charge is 2.27. The molecule has 0 saturated heterocycles. The number of nitrogens with zero attached hydrogens (tertiary/aromatic N) is 3. The molecule has 1 aliphatic carbocycles. The van der Waals surface area contributed by atoms with Crippen molar-refractivity contribution >= 4 is 27.3 Å². The van der Waals surface area contributed by atoms with Gasteiger partial charge in [-0.25, -0.2) is 20.1 Å². The lowest BCUT2D eigenvalue weighted by Gasteiger charge is -2.13. The largest absolute Gasteiger partial charge is 0.365 e. The van der Waals surface area contributed by atoms with Gasteiger partial charge in [0.05, 0.1) is 6.61 Å². The van der Waals surface area contributed by atoms with Crippen LogP contribution in [0.4, 0.5) is 5.82 Å². The van der Waals surface area contributed by atoms with Crippen molar-refractivity contribution < 1.29 is 12.6 Å². The molecule has 2 atom stereocenters. The number of aromatic nitrogens is 4. The summed E-state index contributed by atoms with van der Waals surface area (Å²) in [6.07, 6.45) is 4.02. The number of rotatable bonds is 6. The fourth-order valence-corrected chi connectivity index (χ4v) is 3.79. The predicted octanol–water partition coefficient (Wildman–Crippen LogP) is 1.82. The summed E-state index contributed by atoms with van der Waals surface area (Å²) in [6, 6.07) is 9.98. The number of nitrogens with one attached hydrogen (secondary N) is 2. The van der Waals surface area contributed by atoms with E-state index < -0.39 is 10.3 Å². The van der Waals surface area contributed by atoms with E-state index in [1.807, 2.05) is 30.3 Å². The second-order valence-corrected chi connectivity index (χ2v) is 7.89. The van der Waals surface area contributed by atoms with Crippen molar-refractivity contribution in [3.05, 3.63) is 36.7 Å². The fourth-order valence-electron chi connectivity index (χ4n) is 3.41. The molecule has 4 rings (SSSR count). The number of aromatic amines is 1. The van der Waals surface area contributed by atoms with Crippen LogP contribution in [0.15, 0.2) is 36.7 Å². The molecule has 0 aliphatic heterocycles. The first-order valence-electron chi connectivity index (χ1n) is 8.68. The summed E-state index contributed by atoms with van der Waals surface area (Å²) >= 11 is 0. The van der Waals surface area contributed by atoms with Crippen molar-refractivity contribution in [3.63, 3.8) is 0 Å². The van der Waals surface area contributed by atoms with Gasteiger partial charge in [-0.15, -0.1) is 0 Å². The van der Waals surface area contributed by atoms with E-state index in [1.54, 1.807) is 0 Å². The van der Waals surface area contributed by atoms with Crippen LogP contribution in [0, 0.1) is 5.92 Å². The van der Waals surface area contributed by atoms with E-state index in [2.05, 4.69) is 25.3 Å². The molecule has 1 saturated carbocycles. The molecule has 2 aromatic heterocycles. The minimum absolute atomic E-state index is 0.108. The second kappa shape index (κ2) is 7.22. The van der Waals surface area contributed by atoms with Crippen molar-refractivity contribution in [3.8, 4) is 11.4 Å². The van der Waals surface area contributed by atoms with E-state index >= 15 is 0 Å². The molecule has 0 spiro atoms. The summed E-state index contributed by atoms with van der Waals surface area (Å²) < 4.78 is 26.6. The Labute approximate surface area is 156 Å². The molecule has 10 heteroatoms. The monoisotopic (exact) mass is 388 g/mol. The van der Waals surface area contributed by atoms with Gasteiger partial charge in [0.2, 0.25) is 0 Å². The van der Waals surface area contributed by atoms with Gasteiger partial charge in [-0.2, -0.15) is 8.42 Å². The highest BCUT2D eigenvalue weighted by molar-refractivity contribution is 7.84. The third-order valence-electron chi connectivity index (χ3n) is 4.68. The Kier molecular flexibility index (Phi) is 4.77. The van der Waals surface area contributed by atoms with Crippen molar-refractivity contribution in [1.29, 1.82) is 0 Å². The number of nitrogens with two attached hydrogens (primary N) is 1. The molecule has 27 heavy (non-hydrogen) atoms. The first-order valence-corrected chi connectivity index (χ1v) is 10.1. The normalized spacial score (nSPS) is 20.2. The molecule has 4 N–H and O–H groups in total. The average Bonchev–Trinajstić information content (AvgIpc) is 3.27. The molecule has 9 nitrogen and oxygen atoms in total. The van der Waals surface area contributed by atoms with E-state index in [9.17, 15) is 8.42 Å². The van der Waals surface area contributed by atoms with Gasteiger partial charge in [-0.1, -0.05) is 30.3 Å². The van der Waals surface area contributed by atoms with Gasteiger partial charge >= 0.3 is 10.3 Å². The molecule has 3 aromatic rings. The number of H-pyrrole nitrogens is 1. The maximum absolute atomic E-state index is 10.9. The molecule has 1 fully saturated rings. The van der Waals surface area contributed by atoms with Gasteiger partial charge in [0.15, 0.2) is 17.0 Å². The summed E-state index contributed by atoms with van der Waals surface area (Å²) in [4.78, 5) is 16.5. The van der Waals surface area contributed by atoms with Crippen molar-refractivity contribution in [2.45, 2.75) is 25.3 Å². The zero-order valence-electron chi connectivity index (χ0n) is 14.5. The zero-order chi connectivity index (χ0) is 18.9. The fraction of sp³-hybridized carbons (Fsp3) is 0.353. The van der Waals surface area contributed by atoms with E-state index in [4.69, 9.17) is 9.32 Å². The Balaban J connectivity index is 1.49. The van der Waals surface area contributed by atoms with Crippen LogP contribution in [-0.4, -0.2) is 41.0 Å². The zero-order valence-corrected chi connectivity index (χ0v) is 15.3. The second-order valence-electron chi connectivity index (χ2n) is 6.67. The SMILES string of the molecule is NS(=O)(=O)OC[C@@H]1CC[C@H](Nc2ncnc3[nH]c(-c4ccccc4)nc23)C1. The molecular formula is C17H20N6O3S. The van der Waals surface area contributed by atoms with Crippen molar-refractivity contribution in [1.82, 2.24) is 19.9 Å². The minimum Gasteiger partial charge on any atom is -0.365 e. The van der Waals surface area contributed by atoms with Gasteiger partial charge in [-0.3, -0.25) is 4.18 Å². The number of anilines is 1. The van der Waals surface area contributed by atoms with E-state index in [1.165, 1.54) is 6.33 Å². The van der Waals surface area contributed by atoms with Crippen molar-refractivity contribution in [2.75, 3.05) is 11.9 Å². The number of benzene rings is 1. The van der Waals surface area contributed by atoms with Crippen molar-refractivity contribution in [2.24, 2.45) is 11.1 Å². The van der Waals surface area contributed by atoms with Crippen LogP contribution in [0.5, 0.6) is 0 Å². The highest BCUT2D eigenvalue weighted by atomic mass is 32.2. The summed E-state index contributed by atoms with van der Waals surface area (Å²) in [5.74, 6) is 1.54. The maximum atomic E-state index is 10.9. The Morgan fingerprint density at radius 2 is 2.04 bits per heavy atom. The van der Waals surface area contributed by atoms with Gasteiger partial charge < -0.3 is 10.3 Å². The topological polar surface area (TPSA) is 136 Å². The third kappa shape index (κ3) is 4.24. The molecule has 0 radical (unpaired) electrons. The molecule has 0 unspecified atom stereocenters. The first kappa shape index (κ1) is 17.8. The molecule has 142 valence electrons. The Morgan fingerprint density at radius 3 is 2.81 bits per heavy atom. The lowest BCUT2D eigenvalue weighted by Crippen LogP contribution is -2.21. The Hall–Kier alpha value is -2.56. The average molecular weight is 388 g/mol. The summed E-state index contributed by atoms with van der Waals surface area (Å²) in [6.45, 7) is 0.108. The number of fused-ring (bicyclic) bond motifs is 1. The lowest BCUT2D eigenvalue weighted by molar-refractivity contribution is 0.256. The highest BCUT2D eigenvalue weighted by Crippen LogP contribution is 2.30. The van der Waals surface area contributed by atoms with E-state index in [-0.39, 0.29) is 18.6 Å². The molecule has 0 amide bonds. The van der Waals surface area contributed by atoms with Crippen LogP contribution in [-0.2, 0) is 14.5 Å². The lowest BCUT2D eigenvalue weighted by atomic mass is 10.1. The number of hydrogen-bond donors (Lipinski definition) is 3. The van der Waals surface area contributed by atoms with E-state index in [0.717, 1.165) is 30.7 Å². The molecule has 0 bridgehead atoms. The third-order valence-corrected chi connectivity index (χ3v) is 5.14. The standard InChI is InChI=1S/C17H20N6O3S/c18-27(24,25)26-9-11-6-7-13(8-11)21-16-14-17(20-10-19-16)23-15(22-14)12-4-2-1-3-5-12/h1-5,10-11,13H,6-9H2,(H2,18,24,25)(H2,19,20,21,22,23)/t11-,13+/m1/s1.